The summed E-state index contributed by atoms with van der Waals surface area (Å²) < 4.78 is 1.15. The number of carbonyl (C=O) groups excluding carboxylic acids is 1. The van der Waals surface area contributed by atoms with Crippen LogP contribution in [0.2, 0.25) is 0 Å². The van der Waals surface area contributed by atoms with E-state index in [4.69, 9.17) is 0 Å². The van der Waals surface area contributed by atoms with Gasteiger partial charge in [-0.05, 0) is 79.7 Å². The van der Waals surface area contributed by atoms with Crippen molar-refractivity contribution in [3.8, 4) is 0 Å². The van der Waals surface area contributed by atoms with Crippen molar-refractivity contribution in [3.63, 3.8) is 0 Å². The van der Waals surface area contributed by atoms with Crippen molar-refractivity contribution in [1.29, 1.82) is 0 Å². The molecule has 0 aromatic heterocycles. The van der Waals surface area contributed by atoms with E-state index in [1.54, 1.807) is 0 Å². The Kier molecular flexibility index (Phi) is 5.00. The number of amides is 1. The summed E-state index contributed by atoms with van der Waals surface area (Å²) in [4.78, 5) is 14.4. The average Bonchev–Trinajstić information content (AvgIpc) is 2.90. The maximum atomic E-state index is 11.9. The van der Waals surface area contributed by atoms with Crippen molar-refractivity contribution in [1.82, 2.24) is 10.2 Å². The summed E-state index contributed by atoms with van der Waals surface area (Å²) in [6.07, 6.45) is 2.57. The molecule has 4 heteroatoms. The molecule has 1 saturated heterocycles. The predicted molar refractivity (Wildman–Crippen MR) is 81.8 cm³/mol. The van der Waals surface area contributed by atoms with Gasteiger partial charge in [-0.3, -0.25) is 9.69 Å². The molecule has 0 unspecified atom stereocenters. The molecule has 1 amide bonds. The largest absolute Gasteiger partial charge is 0.350 e. The number of halogens is 1. The topological polar surface area (TPSA) is 32.3 Å². The maximum absolute atomic E-state index is 11.9. The van der Waals surface area contributed by atoms with Gasteiger partial charge >= 0.3 is 0 Å². The van der Waals surface area contributed by atoms with E-state index in [1.807, 2.05) is 24.3 Å². The number of hydrogen-bond donors (Lipinski definition) is 1. The van der Waals surface area contributed by atoms with E-state index in [0.717, 1.165) is 15.7 Å². The van der Waals surface area contributed by atoms with Gasteiger partial charge in [0, 0.05) is 21.7 Å². The van der Waals surface area contributed by atoms with Crippen LogP contribution in [0.25, 0.3) is 0 Å². The number of carbonyl (C=O) groups is 1. The molecular weight excluding hydrogens is 339 g/mol. The summed E-state index contributed by atoms with van der Waals surface area (Å²) in [5, 5.41) is 3.01. The van der Waals surface area contributed by atoms with Gasteiger partial charge in [0.1, 0.15) is 0 Å². The number of likely N-dealkylation sites (tertiary alicyclic amines) is 1. The molecule has 0 saturated carbocycles. The number of rotatable bonds is 4. The summed E-state index contributed by atoms with van der Waals surface area (Å²) in [7, 11) is 0. The fourth-order valence-corrected chi connectivity index (χ4v) is 2.61. The molecule has 1 aromatic rings. The third-order valence-corrected chi connectivity index (χ3v) is 4.15. The van der Waals surface area contributed by atoms with Gasteiger partial charge in [-0.15, -0.1) is 0 Å². The van der Waals surface area contributed by atoms with Crippen LogP contribution in [0.5, 0.6) is 0 Å². The number of benzene rings is 1. The Morgan fingerprint density at radius 1 is 1.33 bits per heavy atom. The molecule has 0 spiro atoms. The van der Waals surface area contributed by atoms with Gasteiger partial charge in [-0.2, -0.15) is 0 Å². The van der Waals surface area contributed by atoms with Gasteiger partial charge in [0.05, 0.1) is 0 Å². The summed E-state index contributed by atoms with van der Waals surface area (Å²) in [6.45, 7) is 5.24. The Labute approximate surface area is 122 Å². The molecule has 98 valence electrons. The second-order valence-corrected chi connectivity index (χ2v) is 6.05. The first-order valence-electron chi connectivity index (χ1n) is 6.44. The summed E-state index contributed by atoms with van der Waals surface area (Å²) in [5.41, 5.74) is 0.740. The minimum atomic E-state index is 0.0254. The number of nitrogens with zero attached hydrogens (tertiary/aromatic N) is 1. The molecule has 0 bridgehead atoms. The quantitative estimate of drug-likeness (QED) is 0.839. The van der Waals surface area contributed by atoms with E-state index in [0.29, 0.717) is 6.04 Å². The smallest absolute Gasteiger partial charge is 0.251 e. The van der Waals surface area contributed by atoms with E-state index in [9.17, 15) is 4.79 Å². The van der Waals surface area contributed by atoms with Crippen LogP contribution in [0, 0.1) is 3.57 Å². The molecule has 1 aliphatic rings. The lowest BCUT2D eigenvalue weighted by Crippen LogP contribution is -2.40. The summed E-state index contributed by atoms with van der Waals surface area (Å²) in [6, 6.07) is 8.09. The lowest BCUT2D eigenvalue weighted by Gasteiger charge is -2.23. The van der Waals surface area contributed by atoms with Gasteiger partial charge in [0.2, 0.25) is 0 Å². The normalized spacial score (nSPS) is 17.7. The second kappa shape index (κ2) is 6.52. The Bertz CT molecular complexity index is 399. The van der Waals surface area contributed by atoms with Crippen LogP contribution in [0.15, 0.2) is 24.3 Å². The first kappa shape index (κ1) is 13.8. The zero-order valence-electron chi connectivity index (χ0n) is 10.7. The van der Waals surface area contributed by atoms with E-state index >= 15 is 0 Å². The SMILES string of the molecule is C[C@H](CNC(=O)c1ccc(I)cc1)N1CCCC1. The Morgan fingerprint density at radius 3 is 2.56 bits per heavy atom. The summed E-state index contributed by atoms with van der Waals surface area (Å²) in [5.74, 6) is 0.0254. The highest BCUT2D eigenvalue weighted by Crippen LogP contribution is 2.11. The minimum Gasteiger partial charge on any atom is -0.350 e. The summed E-state index contributed by atoms with van der Waals surface area (Å²) >= 11 is 2.24. The van der Waals surface area contributed by atoms with Crippen molar-refractivity contribution in [2.45, 2.75) is 25.8 Å². The lowest BCUT2D eigenvalue weighted by atomic mass is 10.2. The zero-order valence-corrected chi connectivity index (χ0v) is 12.8. The Hall–Kier alpha value is -0.620. The highest BCUT2D eigenvalue weighted by Gasteiger charge is 2.18. The van der Waals surface area contributed by atoms with Gasteiger partial charge in [-0.25, -0.2) is 0 Å². The minimum absolute atomic E-state index is 0.0254. The number of hydrogen-bond acceptors (Lipinski definition) is 2. The highest BCUT2D eigenvalue weighted by molar-refractivity contribution is 14.1. The standard InChI is InChI=1S/C14H19IN2O/c1-11(17-8-2-3-9-17)10-16-14(18)12-4-6-13(15)7-5-12/h4-7,11H,2-3,8-10H2,1H3,(H,16,18)/t11-/m1/s1. The van der Waals surface area contributed by atoms with Crippen molar-refractivity contribution in [2.75, 3.05) is 19.6 Å². The van der Waals surface area contributed by atoms with E-state index in [1.165, 1.54) is 25.9 Å². The van der Waals surface area contributed by atoms with Crippen molar-refractivity contribution in [3.05, 3.63) is 33.4 Å². The molecule has 1 atom stereocenters. The van der Waals surface area contributed by atoms with Crippen LogP contribution in [0.3, 0.4) is 0 Å². The van der Waals surface area contributed by atoms with E-state index in [-0.39, 0.29) is 5.91 Å². The third-order valence-electron chi connectivity index (χ3n) is 3.43. The van der Waals surface area contributed by atoms with Crippen molar-refractivity contribution in [2.24, 2.45) is 0 Å². The molecule has 0 aliphatic carbocycles. The van der Waals surface area contributed by atoms with Crippen LogP contribution in [0.1, 0.15) is 30.1 Å². The third kappa shape index (κ3) is 3.68. The molecule has 1 heterocycles. The molecular formula is C14H19IN2O. The van der Waals surface area contributed by atoms with Gasteiger partial charge < -0.3 is 5.32 Å². The monoisotopic (exact) mass is 358 g/mol. The Morgan fingerprint density at radius 2 is 1.94 bits per heavy atom. The second-order valence-electron chi connectivity index (χ2n) is 4.81. The van der Waals surface area contributed by atoms with Crippen LogP contribution < -0.4 is 5.32 Å². The van der Waals surface area contributed by atoms with Crippen molar-refractivity contribution < 1.29 is 4.79 Å². The van der Waals surface area contributed by atoms with Crippen LogP contribution in [-0.4, -0.2) is 36.5 Å². The predicted octanol–water partition coefficient (Wildman–Crippen LogP) is 2.51. The zero-order chi connectivity index (χ0) is 13.0. The Balaban J connectivity index is 1.82. The molecule has 3 nitrogen and oxygen atoms in total. The molecule has 1 fully saturated rings. The molecule has 1 aromatic carbocycles. The molecule has 1 N–H and O–H groups in total. The van der Waals surface area contributed by atoms with Crippen LogP contribution in [-0.2, 0) is 0 Å². The van der Waals surface area contributed by atoms with Crippen molar-refractivity contribution >= 4 is 28.5 Å². The first-order valence-corrected chi connectivity index (χ1v) is 7.52. The lowest BCUT2D eigenvalue weighted by molar-refractivity contribution is 0.0940. The van der Waals surface area contributed by atoms with Gasteiger partial charge in [-0.1, -0.05) is 0 Å². The highest BCUT2D eigenvalue weighted by atomic mass is 127. The molecule has 18 heavy (non-hydrogen) atoms. The fraction of sp³-hybridized carbons (Fsp3) is 0.500. The fourth-order valence-electron chi connectivity index (χ4n) is 2.26. The maximum Gasteiger partial charge on any atom is 0.251 e. The average molecular weight is 358 g/mol. The van der Waals surface area contributed by atoms with Crippen LogP contribution in [0.4, 0.5) is 0 Å². The van der Waals surface area contributed by atoms with E-state index in [2.05, 4.69) is 39.7 Å². The van der Waals surface area contributed by atoms with E-state index < -0.39 is 0 Å². The number of nitrogens with one attached hydrogen (secondary N) is 1. The van der Waals surface area contributed by atoms with Crippen LogP contribution >= 0.6 is 22.6 Å². The van der Waals surface area contributed by atoms with Gasteiger partial charge in [0.15, 0.2) is 0 Å². The molecule has 2 rings (SSSR count). The molecule has 0 radical (unpaired) electrons. The van der Waals surface area contributed by atoms with Gasteiger partial charge in [0.25, 0.3) is 5.91 Å². The first-order chi connectivity index (χ1) is 8.66. The molecule has 1 aliphatic heterocycles.